The molecule has 6 nitrogen and oxygen atoms in total. The second kappa shape index (κ2) is 10.2. The average Bonchev–Trinajstić information content (AvgIpc) is 3.02. The first-order chi connectivity index (χ1) is 15.0. The Hall–Kier alpha value is -3.19. The number of carbonyl (C=O) groups is 2. The summed E-state index contributed by atoms with van der Waals surface area (Å²) in [5, 5.41) is 11.0. The first-order valence-corrected chi connectivity index (χ1v) is 10.3. The Morgan fingerprint density at radius 1 is 1.03 bits per heavy atom. The lowest BCUT2D eigenvalue weighted by atomic mass is 9.95. The fraction of sp³-hybridized carbons (Fsp3) is 0.333. The number of aliphatic hydroxyl groups excluding tert-OH is 1. The maximum atomic E-state index is 13.5. The fourth-order valence-electron chi connectivity index (χ4n) is 3.61. The molecule has 0 aliphatic carbocycles. The number of nitrogens with zero attached hydrogens (tertiary/aromatic N) is 1. The Balaban J connectivity index is 2.02. The topological polar surface area (TPSA) is 76.1 Å². The van der Waals surface area contributed by atoms with Crippen molar-refractivity contribution in [3.8, 4) is 5.75 Å². The predicted octanol–water partition coefficient (Wildman–Crippen LogP) is 4.07. The highest BCUT2D eigenvalue weighted by Crippen LogP contribution is 2.39. The Kier molecular flexibility index (Phi) is 7.41. The third-order valence-electron chi connectivity index (χ3n) is 5.06. The first kappa shape index (κ1) is 22.5. The minimum Gasteiger partial charge on any atom is -0.507 e. The van der Waals surface area contributed by atoms with E-state index >= 15 is 0 Å². The van der Waals surface area contributed by atoms with Gasteiger partial charge in [-0.05, 0) is 62.2 Å². The summed E-state index contributed by atoms with van der Waals surface area (Å²) < 4.78 is 24.2. The zero-order chi connectivity index (χ0) is 22.4. The van der Waals surface area contributed by atoms with Gasteiger partial charge < -0.3 is 19.5 Å². The molecule has 1 aliphatic rings. The van der Waals surface area contributed by atoms with Crippen LogP contribution in [0.25, 0.3) is 5.76 Å². The van der Waals surface area contributed by atoms with E-state index < -0.39 is 23.5 Å². The third-order valence-corrected chi connectivity index (χ3v) is 5.06. The van der Waals surface area contributed by atoms with Crippen LogP contribution < -0.4 is 4.74 Å². The summed E-state index contributed by atoms with van der Waals surface area (Å²) in [6, 6.07) is 11.4. The molecule has 7 heteroatoms. The minimum absolute atomic E-state index is 0.0165. The van der Waals surface area contributed by atoms with Crippen LogP contribution in [0.5, 0.6) is 5.75 Å². The average molecular weight is 427 g/mol. The van der Waals surface area contributed by atoms with Gasteiger partial charge in [-0.3, -0.25) is 9.59 Å². The van der Waals surface area contributed by atoms with Crippen LogP contribution in [0.15, 0.2) is 54.1 Å². The Morgan fingerprint density at radius 2 is 1.71 bits per heavy atom. The van der Waals surface area contributed by atoms with E-state index in [2.05, 4.69) is 0 Å². The Labute approximate surface area is 180 Å². The number of ketones is 1. The molecule has 0 unspecified atom stereocenters. The van der Waals surface area contributed by atoms with Crippen LogP contribution >= 0.6 is 0 Å². The molecule has 31 heavy (non-hydrogen) atoms. The number of benzene rings is 2. The first-order valence-electron chi connectivity index (χ1n) is 10.3. The summed E-state index contributed by atoms with van der Waals surface area (Å²) in [6.45, 7) is 5.51. The molecular formula is C24H26FNO5. The van der Waals surface area contributed by atoms with E-state index in [-0.39, 0.29) is 17.9 Å². The molecular weight excluding hydrogens is 401 g/mol. The molecule has 0 saturated carbocycles. The number of Topliss-reactive ketones (excluding diaryl/α,β-unsaturated/α-hetero) is 1. The highest BCUT2D eigenvalue weighted by atomic mass is 19.1. The zero-order valence-corrected chi connectivity index (χ0v) is 17.6. The number of likely N-dealkylation sites (tertiary alicyclic amines) is 1. The standard InChI is InChI=1S/C24H26FNO5/c1-3-30-15-5-14-26-21(16-6-10-18(25)11-7-16)20(23(28)24(26)29)22(27)17-8-12-19(13-9-17)31-4-2/h6-13,21,27H,3-5,14-15H2,1-2H3/t21-/m0/s1. The quantitative estimate of drug-likeness (QED) is 0.283. The fourth-order valence-corrected chi connectivity index (χ4v) is 3.61. The van der Waals surface area contributed by atoms with Gasteiger partial charge in [0.15, 0.2) is 0 Å². The van der Waals surface area contributed by atoms with Crippen molar-refractivity contribution >= 4 is 17.4 Å². The highest BCUT2D eigenvalue weighted by Gasteiger charge is 2.45. The van der Waals surface area contributed by atoms with Gasteiger partial charge in [-0.15, -0.1) is 0 Å². The maximum absolute atomic E-state index is 13.5. The van der Waals surface area contributed by atoms with Crippen molar-refractivity contribution in [2.75, 3.05) is 26.4 Å². The minimum atomic E-state index is -0.811. The van der Waals surface area contributed by atoms with Gasteiger partial charge in [0.1, 0.15) is 17.3 Å². The van der Waals surface area contributed by atoms with E-state index in [4.69, 9.17) is 9.47 Å². The van der Waals surface area contributed by atoms with E-state index in [0.29, 0.717) is 43.1 Å². The number of halogens is 1. The van der Waals surface area contributed by atoms with Gasteiger partial charge in [-0.2, -0.15) is 0 Å². The zero-order valence-electron chi connectivity index (χ0n) is 17.6. The lowest BCUT2D eigenvalue weighted by molar-refractivity contribution is -0.140. The summed E-state index contributed by atoms with van der Waals surface area (Å²) in [4.78, 5) is 27.1. The molecule has 1 atom stereocenters. The van der Waals surface area contributed by atoms with Crippen molar-refractivity contribution in [3.05, 3.63) is 71.0 Å². The second-order valence-electron chi connectivity index (χ2n) is 7.05. The SMILES string of the molecule is CCOCCCN1C(=O)C(=O)C(=C(O)c2ccc(OCC)cc2)[C@@H]1c1ccc(F)cc1. The maximum Gasteiger partial charge on any atom is 0.295 e. The number of aliphatic hydroxyl groups is 1. The summed E-state index contributed by atoms with van der Waals surface area (Å²) >= 11 is 0. The van der Waals surface area contributed by atoms with Crippen LogP contribution in [-0.4, -0.2) is 48.1 Å². The molecule has 2 aromatic rings. The highest BCUT2D eigenvalue weighted by molar-refractivity contribution is 6.46. The normalized spacial score (nSPS) is 17.9. The van der Waals surface area contributed by atoms with Gasteiger partial charge in [0.2, 0.25) is 0 Å². The molecule has 1 fully saturated rings. The number of rotatable bonds is 9. The van der Waals surface area contributed by atoms with Gasteiger partial charge in [-0.25, -0.2) is 4.39 Å². The molecule has 1 heterocycles. The van der Waals surface area contributed by atoms with Crippen LogP contribution in [0, 0.1) is 5.82 Å². The number of hydrogen-bond donors (Lipinski definition) is 1. The Bertz CT molecular complexity index is 953. The number of carbonyl (C=O) groups excluding carboxylic acids is 2. The summed E-state index contributed by atoms with van der Waals surface area (Å²) in [7, 11) is 0. The molecule has 0 aromatic heterocycles. The van der Waals surface area contributed by atoms with Crippen molar-refractivity contribution in [2.45, 2.75) is 26.3 Å². The molecule has 0 spiro atoms. The molecule has 1 saturated heterocycles. The van der Waals surface area contributed by atoms with Crippen LogP contribution in [0.1, 0.15) is 37.4 Å². The van der Waals surface area contributed by atoms with E-state index in [9.17, 15) is 19.1 Å². The molecule has 2 aromatic carbocycles. The lowest BCUT2D eigenvalue weighted by Crippen LogP contribution is -2.31. The molecule has 1 amide bonds. The monoisotopic (exact) mass is 427 g/mol. The largest absolute Gasteiger partial charge is 0.507 e. The summed E-state index contributed by atoms with van der Waals surface area (Å²) in [6.07, 6.45) is 0.529. The number of amides is 1. The third kappa shape index (κ3) is 4.94. The number of ether oxygens (including phenoxy) is 2. The van der Waals surface area contributed by atoms with Gasteiger partial charge >= 0.3 is 0 Å². The van der Waals surface area contributed by atoms with Gasteiger partial charge in [0.05, 0.1) is 18.2 Å². The van der Waals surface area contributed by atoms with Gasteiger partial charge in [0.25, 0.3) is 11.7 Å². The lowest BCUT2D eigenvalue weighted by Gasteiger charge is -2.25. The Morgan fingerprint density at radius 3 is 2.32 bits per heavy atom. The van der Waals surface area contributed by atoms with Gasteiger partial charge in [0, 0.05) is 25.3 Å². The molecule has 1 N–H and O–H groups in total. The summed E-state index contributed by atoms with van der Waals surface area (Å²) in [5.41, 5.74) is 0.921. The number of hydrogen-bond acceptors (Lipinski definition) is 5. The second-order valence-corrected chi connectivity index (χ2v) is 7.05. The van der Waals surface area contributed by atoms with Gasteiger partial charge in [-0.1, -0.05) is 12.1 Å². The van der Waals surface area contributed by atoms with Crippen LogP contribution in [0.2, 0.25) is 0 Å². The van der Waals surface area contributed by atoms with Crippen molar-refractivity contribution < 1.29 is 28.6 Å². The van der Waals surface area contributed by atoms with E-state index in [1.807, 2.05) is 13.8 Å². The van der Waals surface area contributed by atoms with Crippen LogP contribution in [-0.2, 0) is 14.3 Å². The van der Waals surface area contributed by atoms with Crippen molar-refractivity contribution in [2.24, 2.45) is 0 Å². The van der Waals surface area contributed by atoms with E-state index in [0.717, 1.165) is 0 Å². The van der Waals surface area contributed by atoms with Crippen LogP contribution in [0.4, 0.5) is 4.39 Å². The van der Waals surface area contributed by atoms with Crippen molar-refractivity contribution in [3.63, 3.8) is 0 Å². The molecule has 1 aliphatic heterocycles. The van der Waals surface area contributed by atoms with Crippen molar-refractivity contribution in [1.82, 2.24) is 4.90 Å². The molecule has 0 radical (unpaired) electrons. The molecule has 3 rings (SSSR count). The van der Waals surface area contributed by atoms with E-state index in [1.165, 1.54) is 29.2 Å². The predicted molar refractivity (Wildman–Crippen MR) is 114 cm³/mol. The summed E-state index contributed by atoms with van der Waals surface area (Å²) in [5.74, 6) is -1.53. The van der Waals surface area contributed by atoms with Crippen LogP contribution in [0.3, 0.4) is 0 Å². The molecule has 0 bridgehead atoms. The molecule has 164 valence electrons. The van der Waals surface area contributed by atoms with E-state index in [1.54, 1.807) is 24.3 Å². The van der Waals surface area contributed by atoms with Crippen molar-refractivity contribution in [1.29, 1.82) is 0 Å². The smallest absolute Gasteiger partial charge is 0.295 e.